The van der Waals surface area contributed by atoms with Gasteiger partial charge in [0, 0.05) is 0 Å². The van der Waals surface area contributed by atoms with Gasteiger partial charge in [0.2, 0.25) is 0 Å². The topological polar surface area (TPSA) is 40.5 Å². The number of aryl methyl sites for hydroxylation is 2. The molecule has 0 saturated heterocycles. The van der Waals surface area contributed by atoms with Crippen molar-refractivity contribution in [2.45, 2.75) is 66.2 Å². The van der Waals surface area contributed by atoms with Crippen LogP contribution in [0.2, 0.25) is 0 Å². The van der Waals surface area contributed by atoms with Crippen LogP contribution in [0.5, 0.6) is 0 Å². The third-order valence-corrected chi connectivity index (χ3v) is 4.85. The Bertz CT molecular complexity index is 722. The molecule has 0 aliphatic heterocycles. The lowest BCUT2D eigenvalue weighted by atomic mass is 9.73. The van der Waals surface area contributed by atoms with Crippen molar-refractivity contribution in [1.29, 1.82) is 0 Å². The minimum Gasteiger partial charge on any atom is -0.423 e. The lowest BCUT2D eigenvalue weighted by Gasteiger charge is -2.26. The fraction of sp³-hybridized carbons (Fsp3) is 0.455. The second-order valence-electron chi connectivity index (χ2n) is 9.20. The third kappa shape index (κ3) is 4.34. The molecule has 134 valence electrons. The summed E-state index contributed by atoms with van der Waals surface area (Å²) >= 11 is 0. The van der Waals surface area contributed by atoms with Gasteiger partial charge in [0.05, 0.1) is 0 Å². The average molecular weight is 338 g/mol. The second-order valence-corrected chi connectivity index (χ2v) is 9.20. The first kappa shape index (κ1) is 19.7. The van der Waals surface area contributed by atoms with Gasteiger partial charge in [-0.1, -0.05) is 83.0 Å². The first-order chi connectivity index (χ1) is 11.3. The molecule has 0 amide bonds. The van der Waals surface area contributed by atoms with Gasteiger partial charge < -0.3 is 10.0 Å². The number of hydrogen-bond acceptors (Lipinski definition) is 2. The molecule has 0 spiro atoms. The van der Waals surface area contributed by atoms with Crippen molar-refractivity contribution in [3.63, 3.8) is 0 Å². The third-order valence-electron chi connectivity index (χ3n) is 4.85. The lowest BCUT2D eigenvalue weighted by Crippen LogP contribution is -2.34. The van der Waals surface area contributed by atoms with Crippen LogP contribution in [0.3, 0.4) is 0 Å². The summed E-state index contributed by atoms with van der Waals surface area (Å²) in [6.45, 7) is 17.3. The highest BCUT2D eigenvalue weighted by Crippen LogP contribution is 2.34. The number of hydrogen-bond donors (Lipinski definition) is 2. The molecule has 25 heavy (non-hydrogen) atoms. The molecule has 0 aliphatic rings. The van der Waals surface area contributed by atoms with Gasteiger partial charge in [-0.25, -0.2) is 0 Å². The monoisotopic (exact) mass is 338 g/mol. The van der Waals surface area contributed by atoms with E-state index in [1.54, 1.807) is 0 Å². The van der Waals surface area contributed by atoms with E-state index in [9.17, 15) is 10.0 Å². The fourth-order valence-corrected chi connectivity index (χ4v) is 3.21. The molecule has 0 saturated carbocycles. The van der Waals surface area contributed by atoms with E-state index in [2.05, 4.69) is 71.9 Å². The van der Waals surface area contributed by atoms with Gasteiger partial charge in [-0.05, 0) is 52.4 Å². The summed E-state index contributed by atoms with van der Waals surface area (Å²) in [5.74, 6) is 0. The molecule has 0 radical (unpaired) electrons. The van der Waals surface area contributed by atoms with Gasteiger partial charge in [0.1, 0.15) is 0 Å². The van der Waals surface area contributed by atoms with Crippen LogP contribution >= 0.6 is 0 Å². The Balaban J connectivity index is 2.71. The molecule has 0 fully saturated rings. The van der Waals surface area contributed by atoms with Crippen LogP contribution in [0.15, 0.2) is 30.3 Å². The van der Waals surface area contributed by atoms with Gasteiger partial charge in [0.15, 0.2) is 0 Å². The van der Waals surface area contributed by atoms with Gasteiger partial charge in [-0.2, -0.15) is 0 Å². The predicted octanol–water partition coefficient (Wildman–Crippen LogP) is 4.25. The highest BCUT2D eigenvalue weighted by Gasteiger charge is 2.22. The van der Waals surface area contributed by atoms with E-state index in [0.29, 0.717) is 5.46 Å². The maximum absolute atomic E-state index is 9.60. The Labute approximate surface area is 153 Å². The Morgan fingerprint density at radius 2 is 1.00 bits per heavy atom. The van der Waals surface area contributed by atoms with Crippen molar-refractivity contribution in [3.8, 4) is 11.1 Å². The maximum Gasteiger partial charge on any atom is 0.488 e. The summed E-state index contributed by atoms with van der Waals surface area (Å²) in [6.07, 6.45) is 0. The van der Waals surface area contributed by atoms with Crippen LogP contribution in [-0.4, -0.2) is 17.2 Å². The largest absolute Gasteiger partial charge is 0.488 e. The first-order valence-electron chi connectivity index (χ1n) is 8.94. The predicted molar refractivity (Wildman–Crippen MR) is 109 cm³/mol. The van der Waals surface area contributed by atoms with Crippen molar-refractivity contribution in [2.24, 2.45) is 0 Å². The van der Waals surface area contributed by atoms with E-state index in [4.69, 9.17) is 0 Å². The zero-order valence-corrected chi connectivity index (χ0v) is 16.9. The molecule has 2 N–H and O–H groups in total. The minimum absolute atomic E-state index is 0.0708. The molecule has 2 rings (SSSR count). The van der Waals surface area contributed by atoms with E-state index in [1.165, 1.54) is 16.7 Å². The molecule has 2 aromatic rings. The summed E-state index contributed by atoms with van der Waals surface area (Å²) in [5, 5.41) is 19.2. The summed E-state index contributed by atoms with van der Waals surface area (Å²) in [6, 6.07) is 10.9. The number of benzene rings is 2. The van der Waals surface area contributed by atoms with Crippen LogP contribution in [0.4, 0.5) is 0 Å². The van der Waals surface area contributed by atoms with E-state index in [1.807, 2.05) is 13.8 Å². The van der Waals surface area contributed by atoms with Gasteiger partial charge >= 0.3 is 7.12 Å². The van der Waals surface area contributed by atoms with E-state index >= 15 is 0 Å². The van der Waals surface area contributed by atoms with E-state index in [0.717, 1.165) is 16.7 Å². The van der Waals surface area contributed by atoms with Crippen LogP contribution in [0, 0.1) is 13.8 Å². The van der Waals surface area contributed by atoms with Gasteiger partial charge in [-0.15, -0.1) is 0 Å². The lowest BCUT2D eigenvalue weighted by molar-refractivity contribution is 0.425. The van der Waals surface area contributed by atoms with Gasteiger partial charge in [0.25, 0.3) is 0 Å². The average Bonchev–Trinajstić information content (AvgIpc) is 2.43. The quantitative estimate of drug-likeness (QED) is 0.804. The first-order valence-corrected chi connectivity index (χ1v) is 8.94. The van der Waals surface area contributed by atoms with Crippen molar-refractivity contribution in [1.82, 2.24) is 0 Å². The Morgan fingerprint density at radius 3 is 1.32 bits per heavy atom. The smallest absolute Gasteiger partial charge is 0.423 e. The molecular weight excluding hydrogens is 307 g/mol. The molecule has 0 aromatic heterocycles. The highest BCUT2D eigenvalue weighted by atomic mass is 16.4. The molecule has 0 unspecified atom stereocenters. The minimum atomic E-state index is -1.43. The van der Waals surface area contributed by atoms with Gasteiger partial charge in [-0.3, -0.25) is 0 Å². The highest BCUT2D eigenvalue weighted by molar-refractivity contribution is 6.59. The summed E-state index contributed by atoms with van der Waals surface area (Å²) in [7, 11) is -1.43. The molecular formula is C22H31BO2. The SMILES string of the molecule is Cc1cc(-c2cc(C(C)(C)C)cc(C(C)(C)C)c2)cc(C)c1B(O)O. The normalized spacial score (nSPS) is 12.4. The van der Waals surface area contributed by atoms with Crippen LogP contribution in [0.25, 0.3) is 11.1 Å². The van der Waals surface area contributed by atoms with Crippen LogP contribution < -0.4 is 5.46 Å². The summed E-state index contributed by atoms with van der Waals surface area (Å²) < 4.78 is 0. The summed E-state index contributed by atoms with van der Waals surface area (Å²) in [5.41, 5.74) is 7.49. The van der Waals surface area contributed by atoms with Crippen LogP contribution in [0.1, 0.15) is 63.8 Å². The van der Waals surface area contributed by atoms with Crippen molar-refractivity contribution < 1.29 is 10.0 Å². The van der Waals surface area contributed by atoms with E-state index in [-0.39, 0.29) is 10.8 Å². The van der Waals surface area contributed by atoms with Crippen molar-refractivity contribution in [2.75, 3.05) is 0 Å². The van der Waals surface area contributed by atoms with E-state index < -0.39 is 7.12 Å². The molecule has 2 nitrogen and oxygen atoms in total. The zero-order valence-electron chi connectivity index (χ0n) is 16.9. The van der Waals surface area contributed by atoms with Crippen molar-refractivity contribution in [3.05, 3.63) is 52.6 Å². The zero-order chi connectivity index (χ0) is 19.2. The molecule has 0 atom stereocenters. The Morgan fingerprint density at radius 1 is 0.640 bits per heavy atom. The number of rotatable bonds is 2. The second kappa shape index (κ2) is 6.62. The van der Waals surface area contributed by atoms with Crippen LogP contribution in [-0.2, 0) is 10.8 Å². The maximum atomic E-state index is 9.60. The Hall–Kier alpha value is -1.58. The molecule has 0 heterocycles. The van der Waals surface area contributed by atoms with Crippen molar-refractivity contribution >= 4 is 12.6 Å². The molecule has 3 heteroatoms. The standard InChI is InChI=1S/C22H31BO2/c1-14-9-16(10-15(2)20(14)23(24)25)17-11-18(21(3,4)5)13-19(12-17)22(6,7)8/h9-13,24-25H,1-8H3. The molecule has 2 aromatic carbocycles. The molecule has 0 bridgehead atoms. The fourth-order valence-electron chi connectivity index (χ4n) is 3.21. The Kier molecular flexibility index (Phi) is 5.23. The molecule has 0 aliphatic carbocycles. The summed E-state index contributed by atoms with van der Waals surface area (Å²) in [4.78, 5) is 0.